The molecular weight excluding hydrogens is 668 g/mol. The molecule has 5 N–H and O–H groups in total. The molecule has 3 aromatic rings. The van der Waals surface area contributed by atoms with E-state index in [1.165, 1.54) is 44.3 Å². The van der Waals surface area contributed by atoms with E-state index in [1.807, 2.05) is 12.1 Å². The first-order valence-electron chi connectivity index (χ1n) is 16.5. The van der Waals surface area contributed by atoms with Crippen LogP contribution < -0.4 is 21.1 Å². The molecule has 0 saturated carbocycles. The number of nitrogens with one attached hydrogen (secondary N) is 2. The average molecular weight is 713 g/mol. The lowest BCUT2D eigenvalue weighted by Crippen LogP contribution is -2.54. The number of aliphatic carboxylic acids is 1. The maximum absolute atomic E-state index is 13.7. The molecule has 6 rings (SSSR count). The van der Waals surface area contributed by atoms with Crippen LogP contribution in [0.1, 0.15) is 42.7 Å². The molecule has 15 nitrogen and oxygen atoms in total. The molecule has 4 heterocycles. The number of aromatic nitrogens is 2. The number of carboxylic acid groups (broad SMARTS) is 1. The number of nitrogens with zero attached hydrogens (tertiary/aromatic N) is 3. The summed E-state index contributed by atoms with van der Waals surface area (Å²) in [6.45, 7) is 5.89. The van der Waals surface area contributed by atoms with Gasteiger partial charge in [-0.3, -0.25) is 9.59 Å². The van der Waals surface area contributed by atoms with Gasteiger partial charge in [-0.25, -0.2) is 18.4 Å². The van der Waals surface area contributed by atoms with Crippen molar-refractivity contribution in [2.75, 3.05) is 70.4 Å². The summed E-state index contributed by atoms with van der Waals surface area (Å²) >= 11 is 0. The molecule has 16 heteroatoms. The predicted octanol–water partition coefficient (Wildman–Crippen LogP) is 2.77. The Morgan fingerprint density at radius 3 is 2.42 bits per heavy atom. The van der Waals surface area contributed by atoms with Crippen LogP contribution in [0.3, 0.4) is 0 Å². The summed E-state index contributed by atoms with van der Waals surface area (Å²) in [5.41, 5.74) is 6.19. The fraction of sp³-hybridized carbons (Fsp3) is 0.471. The number of nitrogens with two attached hydrogens (primary N) is 1. The lowest BCUT2D eigenvalue weighted by molar-refractivity contribution is -0.146. The third-order valence-corrected chi connectivity index (χ3v) is 10.7. The number of carboxylic acids is 1. The molecule has 0 radical (unpaired) electrons. The van der Waals surface area contributed by atoms with E-state index in [0.717, 1.165) is 42.5 Å². The Bertz CT molecular complexity index is 1750. The van der Waals surface area contributed by atoms with E-state index in [1.54, 1.807) is 6.07 Å². The van der Waals surface area contributed by atoms with Gasteiger partial charge in [0.1, 0.15) is 17.9 Å². The van der Waals surface area contributed by atoms with Gasteiger partial charge in [0, 0.05) is 37.4 Å². The van der Waals surface area contributed by atoms with Crippen molar-refractivity contribution in [2.24, 2.45) is 5.92 Å². The zero-order chi connectivity index (χ0) is 35.7. The summed E-state index contributed by atoms with van der Waals surface area (Å²) < 4.78 is 51.3. The summed E-state index contributed by atoms with van der Waals surface area (Å²) in [6.07, 6.45) is 3.37. The number of fused-ring (bicyclic) bond motifs is 13. The van der Waals surface area contributed by atoms with Crippen LogP contribution in [0.4, 0.5) is 11.5 Å². The summed E-state index contributed by atoms with van der Waals surface area (Å²) in [7, 11) is -4.28. The van der Waals surface area contributed by atoms with E-state index >= 15 is 0 Å². The van der Waals surface area contributed by atoms with Crippen molar-refractivity contribution in [2.45, 2.75) is 43.7 Å². The lowest BCUT2D eigenvalue weighted by Gasteiger charge is -2.34. The highest BCUT2D eigenvalue weighted by atomic mass is 32.2. The molecule has 0 unspecified atom stereocenters. The second-order valence-electron chi connectivity index (χ2n) is 12.5. The number of hydrogen-bond donors (Lipinski definition) is 4. The first-order chi connectivity index (χ1) is 24.0. The Labute approximate surface area is 291 Å². The summed E-state index contributed by atoms with van der Waals surface area (Å²) in [5.74, 6) is -1.04. The number of para-hydroxylation sites is 1. The minimum absolute atomic E-state index is 0.0605. The fourth-order valence-electron chi connectivity index (χ4n) is 5.64. The van der Waals surface area contributed by atoms with E-state index in [0.29, 0.717) is 29.5 Å². The van der Waals surface area contributed by atoms with Crippen LogP contribution in [0, 0.1) is 5.92 Å². The van der Waals surface area contributed by atoms with Crippen molar-refractivity contribution < 1.29 is 42.1 Å². The maximum atomic E-state index is 13.7. The Balaban J connectivity index is 1.44. The molecule has 0 spiro atoms. The number of carbonyl (C=O) groups is 2. The highest BCUT2D eigenvalue weighted by Gasteiger charge is 2.42. The first-order valence-corrected chi connectivity index (χ1v) is 17.9. The van der Waals surface area contributed by atoms with Crippen LogP contribution in [0.5, 0.6) is 5.75 Å². The molecule has 2 aromatic carbocycles. The fourth-order valence-corrected chi connectivity index (χ4v) is 7.37. The van der Waals surface area contributed by atoms with E-state index in [-0.39, 0.29) is 61.7 Å². The van der Waals surface area contributed by atoms with Crippen LogP contribution >= 0.6 is 0 Å². The van der Waals surface area contributed by atoms with Gasteiger partial charge < -0.3 is 40.4 Å². The van der Waals surface area contributed by atoms with Crippen molar-refractivity contribution in [3.8, 4) is 17.0 Å². The predicted molar refractivity (Wildman–Crippen MR) is 184 cm³/mol. The van der Waals surface area contributed by atoms with Crippen molar-refractivity contribution in [3.63, 3.8) is 0 Å². The monoisotopic (exact) mass is 712 g/mol. The Morgan fingerprint density at radius 2 is 1.70 bits per heavy atom. The third-order valence-electron chi connectivity index (χ3n) is 8.62. The molecule has 1 aromatic heterocycles. The maximum Gasteiger partial charge on any atom is 0.324 e. The van der Waals surface area contributed by atoms with E-state index in [2.05, 4.69) is 20.6 Å². The average Bonchev–Trinajstić information content (AvgIpc) is 3.10. The van der Waals surface area contributed by atoms with E-state index in [9.17, 15) is 23.1 Å². The molecule has 50 heavy (non-hydrogen) atoms. The molecule has 3 aliphatic rings. The van der Waals surface area contributed by atoms with Crippen LogP contribution in [-0.2, 0) is 35.6 Å². The topological polar surface area (TPSA) is 205 Å². The minimum atomic E-state index is -4.28. The number of nitrogen functional groups attached to an aromatic ring is 1. The summed E-state index contributed by atoms with van der Waals surface area (Å²) in [6, 6.07) is 11.2. The van der Waals surface area contributed by atoms with Crippen molar-refractivity contribution >= 4 is 33.4 Å². The van der Waals surface area contributed by atoms with Crippen molar-refractivity contribution in [1.82, 2.24) is 19.6 Å². The summed E-state index contributed by atoms with van der Waals surface area (Å²) in [4.78, 5) is 34.3. The molecule has 1 saturated heterocycles. The van der Waals surface area contributed by atoms with Gasteiger partial charge in [-0.05, 0) is 57.4 Å². The lowest BCUT2D eigenvalue weighted by atomic mass is 10.0. The number of rotatable bonds is 6. The quantitative estimate of drug-likeness (QED) is 0.272. The van der Waals surface area contributed by atoms with Crippen molar-refractivity contribution in [3.05, 3.63) is 59.9 Å². The van der Waals surface area contributed by atoms with Crippen molar-refractivity contribution in [1.29, 1.82) is 0 Å². The van der Waals surface area contributed by atoms with E-state index < -0.39 is 27.4 Å². The Hall–Kier alpha value is -4.19. The van der Waals surface area contributed by atoms with Gasteiger partial charge in [0.2, 0.25) is 10.0 Å². The van der Waals surface area contributed by atoms with Gasteiger partial charge in [-0.1, -0.05) is 24.3 Å². The molecule has 4 bridgehead atoms. The van der Waals surface area contributed by atoms with Gasteiger partial charge in [-0.15, -0.1) is 0 Å². The van der Waals surface area contributed by atoms with Crippen LogP contribution in [0.15, 0.2) is 53.6 Å². The normalized spacial score (nSPS) is 18.6. The zero-order valence-electron chi connectivity index (χ0n) is 28.2. The SMILES string of the molecule is CC(C)(C(=O)O)N1CCOCCOCCOc2c(CNCC3CCOCC3)cccc2NC(=O)c2nc(cnc2N)-c2ccc(cc2)S1(=O)=O. The highest BCUT2D eigenvalue weighted by Crippen LogP contribution is 2.31. The van der Waals surface area contributed by atoms with Gasteiger partial charge in [0.25, 0.3) is 5.91 Å². The number of sulfonamides is 1. The van der Waals surface area contributed by atoms with Gasteiger partial charge in [0.05, 0.1) is 48.9 Å². The van der Waals surface area contributed by atoms with Crippen LogP contribution in [0.2, 0.25) is 0 Å². The van der Waals surface area contributed by atoms with Gasteiger partial charge in [-0.2, -0.15) is 4.31 Å². The second kappa shape index (κ2) is 16.7. The summed E-state index contributed by atoms with van der Waals surface area (Å²) in [5, 5.41) is 16.3. The zero-order valence-corrected chi connectivity index (χ0v) is 29.0. The van der Waals surface area contributed by atoms with Gasteiger partial charge >= 0.3 is 5.97 Å². The Kier molecular flexibility index (Phi) is 12.4. The molecule has 3 aliphatic heterocycles. The number of carbonyl (C=O) groups excluding carboxylic acids is 1. The number of ether oxygens (including phenoxy) is 4. The molecule has 0 aliphatic carbocycles. The Morgan fingerprint density at radius 1 is 1.02 bits per heavy atom. The molecular formula is C34H44N6O9S. The van der Waals surface area contributed by atoms with E-state index in [4.69, 9.17) is 24.7 Å². The smallest absolute Gasteiger partial charge is 0.324 e. The number of benzene rings is 2. The molecule has 1 amide bonds. The van der Waals surface area contributed by atoms with Gasteiger partial charge in [0.15, 0.2) is 11.5 Å². The highest BCUT2D eigenvalue weighted by molar-refractivity contribution is 7.89. The first kappa shape index (κ1) is 37.1. The molecule has 1 fully saturated rings. The molecule has 270 valence electrons. The second-order valence-corrected chi connectivity index (χ2v) is 14.3. The number of anilines is 2. The largest absolute Gasteiger partial charge is 0.489 e. The standard InChI is InChI=1S/C34H44N6O9S/c1-34(2,33(42)43)40-12-15-47-16-17-48-18-19-49-30-25(21-36-20-23-10-13-46-14-11-23)4-3-5-27(30)39-32(41)29-31(35)37-22-28(38-29)24-6-8-26(9-7-24)50(40,44)45/h3-9,22-23,36H,10-21H2,1-2H3,(H2,35,37)(H,39,41)(H,42,43). The minimum Gasteiger partial charge on any atom is -0.489 e. The number of hydrogen-bond acceptors (Lipinski definition) is 12. The third kappa shape index (κ3) is 8.93. The number of amides is 1. The van der Waals surface area contributed by atoms with Crippen LogP contribution in [-0.4, -0.2) is 105 Å². The van der Waals surface area contributed by atoms with Crippen LogP contribution in [0.25, 0.3) is 11.3 Å². The molecule has 0 atom stereocenters.